The van der Waals surface area contributed by atoms with E-state index >= 15 is 0 Å². The van der Waals surface area contributed by atoms with E-state index in [-0.39, 0.29) is 5.76 Å². The molecule has 0 aliphatic heterocycles. The molecule has 0 bridgehead atoms. The highest BCUT2D eigenvalue weighted by molar-refractivity contribution is 5.91. The summed E-state index contributed by atoms with van der Waals surface area (Å²) in [6.45, 7) is 2.16. The lowest BCUT2D eigenvalue weighted by Crippen LogP contribution is -1.96. The van der Waals surface area contributed by atoms with Crippen LogP contribution in [0.4, 0.5) is 0 Å². The van der Waals surface area contributed by atoms with Crippen molar-refractivity contribution in [1.29, 1.82) is 0 Å². The van der Waals surface area contributed by atoms with Gasteiger partial charge in [-0.25, -0.2) is 9.78 Å². The van der Waals surface area contributed by atoms with Gasteiger partial charge in [0.2, 0.25) is 5.76 Å². The summed E-state index contributed by atoms with van der Waals surface area (Å²) in [6.07, 6.45) is 4.52. The molecule has 0 unspecified atom stereocenters. The number of unbranched alkanes of at least 4 members (excludes halogenated alkanes) is 1. The molecule has 94 valence electrons. The van der Waals surface area contributed by atoms with Crippen molar-refractivity contribution in [2.24, 2.45) is 0 Å². The van der Waals surface area contributed by atoms with Gasteiger partial charge in [-0.15, -0.1) is 0 Å². The molecule has 0 aliphatic carbocycles. The van der Waals surface area contributed by atoms with Crippen molar-refractivity contribution in [2.45, 2.75) is 26.2 Å². The van der Waals surface area contributed by atoms with Gasteiger partial charge in [0.1, 0.15) is 5.69 Å². The average molecular weight is 245 g/mol. The number of nitrogens with zero attached hydrogens (tertiary/aromatic N) is 1. The van der Waals surface area contributed by atoms with E-state index in [0.717, 1.165) is 31.2 Å². The van der Waals surface area contributed by atoms with Gasteiger partial charge in [-0.1, -0.05) is 37.6 Å². The van der Waals surface area contributed by atoms with Gasteiger partial charge in [0.05, 0.1) is 0 Å². The van der Waals surface area contributed by atoms with E-state index in [4.69, 9.17) is 9.52 Å². The molecule has 4 nitrogen and oxygen atoms in total. The van der Waals surface area contributed by atoms with Gasteiger partial charge in [0.25, 0.3) is 0 Å². The summed E-state index contributed by atoms with van der Waals surface area (Å²) < 4.78 is 4.86. The fourth-order valence-corrected chi connectivity index (χ4v) is 1.81. The van der Waals surface area contributed by atoms with Gasteiger partial charge in [0.15, 0.2) is 6.39 Å². The number of aromatic carboxylic acids is 1. The van der Waals surface area contributed by atoms with E-state index in [1.54, 1.807) is 0 Å². The summed E-state index contributed by atoms with van der Waals surface area (Å²) in [5, 5.41) is 8.95. The van der Waals surface area contributed by atoms with Crippen molar-refractivity contribution < 1.29 is 14.3 Å². The highest BCUT2D eigenvalue weighted by Crippen LogP contribution is 2.22. The second-order valence-electron chi connectivity index (χ2n) is 4.14. The third kappa shape index (κ3) is 2.59. The zero-order valence-electron chi connectivity index (χ0n) is 10.2. The Balaban J connectivity index is 2.23. The lowest BCUT2D eigenvalue weighted by atomic mass is 10.0. The number of hydrogen-bond donors (Lipinski definition) is 1. The predicted molar refractivity (Wildman–Crippen MR) is 67.5 cm³/mol. The SMILES string of the molecule is CCCCc1ccc(-c2ncoc2C(=O)O)cc1. The predicted octanol–water partition coefficient (Wildman–Crippen LogP) is 3.38. The number of aromatic nitrogens is 1. The van der Waals surface area contributed by atoms with Crippen LogP contribution in [-0.2, 0) is 6.42 Å². The van der Waals surface area contributed by atoms with Crippen LogP contribution in [0.1, 0.15) is 35.9 Å². The van der Waals surface area contributed by atoms with Gasteiger partial charge in [-0.05, 0) is 18.4 Å². The molecular formula is C14H15NO3. The van der Waals surface area contributed by atoms with Crippen LogP contribution in [0.15, 0.2) is 35.1 Å². The van der Waals surface area contributed by atoms with Crippen molar-refractivity contribution >= 4 is 5.97 Å². The number of rotatable bonds is 5. The normalized spacial score (nSPS) is 10.5. The van der Waals surface area contributed by atoms with Crippen LogP contribution in [0.5, 0.6) is 0 Å². The van der Waals surface area contributed by atoms with Gasteiger partial charge in [-0.3, -0.25) is 0 Å². The molecule has 1 N–H and O–H groups in total. The fourth-order valence-electron chi connectivity index (χ4n) is 1.81. The summed E-state index contributed by atoms with van der Waals surface area (Å²) in [7, 11) is 0. The molecule has 2 aromatic rings. The molecule has 0 fully saturated rings. The first kappa shape index (κ1) is 12.4. The van der Waals surface area contributed by atoms with Gasteiger partial charge >= 0.3 is 5.97 Å². The standard InChI is InChI=1S/C14H15NO3/c1-2-3-4-10-5-7-11(8-6-10)12-13(14(16)17)18-9-15-12/h5-9H,2-4H2,1H3,(H,16,17). The van der Waals surface area contributed by atoms with Gasteiger partial charge in [-0.2, -0.15) is 0 Å². The van der Waals surface area contributed by atoms with E-state index in [1.165, 1.54) is 5.56 Å². The van der Waals surface area contributed by atoms with E-state index in [2.05, 4.69) is 11.9 Å². The van der Waals surface area contributed by atoms with Crippen molar-refractivity contribution in [1.82, 2.24) is 4.98 Å². The van der Waals surface area contributed by atoms with Crippen LogP contribution < -0.4 is 0 Å². The molecule has 1 aromatic heterocycles. The summed E-state index contributed by atoms with van der Waals surface area (Å²) in [5.74, 6) is -1.21. The molecule has 0 spiro atoms. The molecule has 4 heteroatoms. The molecule has 1 heterocycles. The third-order valence-corrected chi connectivity index (χ3v) is 2.81. The smallest absolute Gasteiger partial charge is 0.374 e. The first-order valence-electron chi connectivity index (χ1n) is 5.98. The second-order valence-corrected chi connectivity index (χ2v) is 4.14. The highest BCUT2D eigenvalue weighted by atomic mass is 16.4. The van der Waals surface area contributed by atoms with Crippen molar-refractivity contribution in [3.05, 3.63) is 42.0 Å². The van der Waals surface area contributed by atoms with Crippen LogP contribution in [0, 0.1) is 0 Å². The molecule has 2 rings (SSSR count). The Kier molecular flexibility index (Phi) is 3.77. The second kappa shape index (κ2) is 5.49. The number of carboxylic acid groups (broad SMARTS) is 1. The molecular weight excluding hydrogens is 230 g/mol. The summed E-state index contributed by atoms with van der Waals surface area (Å²) in [6, 6.07) is 7.78. The minimum Gasteiger partial charge on any atom is -0.475 e. The first-order chi connectivity index (χ1) is 8.72. The number of carbonyl (C=O) groups is 1. The number of aryl methyl sites for hydroxylation is 1. The number of oxazole rings is 1. The topological polar surface area (TPSA) is 63.3 Å². The summed E-state index contributed by atoms with van der Waals surface area (Å²) in [5.41, 5.74) is 2.40. The van der Waals surface area contributed by atoms with Gasteiger partial charge < -0.3 is 9.52 Å². The minimum atomic E-state index is -1.10. The molecule has 0 aliphatic rings. The molecule has 0 atom stereocenters. The largest absolute Gasteiger partial charge is 0.475 e. The Bertz CT molecular complexity index is 528. The average Bonchev–Trinajstić information content (AvgIpc) is 2.86. The maximum atomic E-state index is 10.9. The van der Waals surface area contributed by atoms with E-state index in [9.17, 15) is 4.79 Å². The maximum absolute atomic E-state index is 10.9. The zero-order valence-corrected chi connectivity index (χ0v) is 10.2. The monoisotopic (exact) mass is 245 g/mol. The molecule has 1 aromatic carbocycles. The fraction of sp³-hybridized carbons (Fsp3) is 0.286. The molecule has 0 amide bonds. The van der Waals surface area contributed by atoms with Crippen molar-refractivity contribution in [3.63, 3.8) is 0 Å². The van der Waals surface area contributed by atoms with E-state index < -0.39 is 5.97 Å². The number of carboxylic acids is 1. The van der Waals surface area contributed by atoms with Crippen LogP contribution in [-0.4, -0.2) is 16.1 Å². The Labute approximate surface area is 105 Å². The third-order valence-electron chi connectivity index (χ3n) is 2.81. The molecule has 18 heavy (non-hydrogen) atoms. The van der Waals surface area contributed by atoms with Crippen LogP contribution in [0.3, 0.4) is 0 Å². The first-order valence-corrected chi connectivity index (χ1v) is 5.98. The van der Waals surface area contributed by atoms with Crippen LogP contribution in [0.25, 0.3) is 11.3 Å². The molecule has 0 saturated carbocycles. The van der Waals surface area contributed by atoms with Gasteiger partial charge in [0, 0.05) is 5.56 Å². The maximum Gasteiger partial charge on any atom is 0.374 e. The lowest BCUT2D eigenvalue weighted by molar-refractivity contribution is 0.0663. The van der Waals surface area contributed by atoms with Crippen molar-refractivity contribution in [2.75, 3.05) is 0 Å². The highest BCUT2D eigenvalue weighted by Gasteiger charge is 2.16. The Morgan fingerprint density at radius 3 is 2.67 bits per heavy atom. The van der Waals surface area contributed by atoms with E-state index in [0.29, 0.717) is 5.69 Å². The zero-order chi connectivity index (χ0) is 13.0. The van der Waals surface area contributed by atoms with Crippen LogP contribution >= 0.6 is 0 Å². The minimum absolute atomic E-state index is 0.115. The Morgan fingerprint density at radius 1 is 1.33 bits per heavy atom. The Hall–Kier alpha value is -2.10. The molecule has 0 saturated heterocycles. The Morgan fingerprint density at radius 2 is 2.06 bits per heavy atom. The number of benzene rings is 1. The van der Waals surface area contributed by atoms with E-state index in [1.807, 2.05) is 24.3 Å². The number of hydrogen-bond acceptors (Lipinski definition) is 3. The van der Waals surface area contributed by atoms with Crippen LogP contribution in [0.2, 0.25) is 0 Å². The summed E-state index contributed by atoms with van der Waals surface area (Å²) in [4.78, 5) is 14.9. The summed E-state index contributed by atoms with van der Waals surface area (Å²) >= 11 is 0. The quantitative estimate of drug-likeness (QED) is 0.877. The van der Waals surface area contributed by atoms with Crippen molar-refractivity contribution in [3.8, 4) is 11.3 Å². The lowest BCUT2D eigenvalue weighted by Gasteiger charge is -2.02. The molecule has 0 radical (unpaired) electrons.